The molecule has 1 atom stereocenters. The Kier molecular flexibility index (Phi) is 6.14. The van der Waals surface area contributed by atoms with Crippen LogP contribution in [0.5, 0.6) is 0 Å². The summed E-state index contributed by atoms with van der Waals surface area (Å²) in [7, 11) is -3.54. The van der Waals surface area contributed by atoms with Crippen LogP contribution in [0, 0.1) is 17.2 Å². The molecular weight excluding hydrogens is 274 g/mol. The summed E-state index contributed by atoms with van der Waals surface area (Å²) < 4.78 is 26.6. The second kappa shape index (κ2) is 7.39. The van der Waals surface area contributed by atoms with Crippen molar-refractivity contribution in [1.82, 2.24) is 4.72 Å². The molecule has 0 radical (unpaired) electrons. The molecule has 0 spiro atoms. The first-order chi connectivity index (χ1) is 9.35. The van der Waals surface area contributed by atoms with Crippen LogP contribution >= 0.6 is 0 Å². The van der Waals surface area contributed by atoms with Gasteiger partial charge in [-0.25, -0.2) is 13.1 Å². The second-order valence-electron chi connectivity index (χ2n) is 5.22. The molecule has 0 saturated carbocycles. The molecule has 20 heavy (non-hydrogen) atoms. The number of nitrogens with zero attached hydrogens (tertiary/aromatic N) is 1. The SMILES string of the molecule is CC(C)CC(N)CNS(=O)(=O)c1ccc(CC#N)cc1. The van der Waals surface area contributed by atoms with Crippen LogP contribution in [0.1, 0.15) is 25.8 Å². The van der Waals surface area contributed by atoms with Gasteiger partial charge in [0, 0.05) is 12.6 Å². The van der Waals surface area contributed by atoms with E-state index in [-0.39, 0.29) is 23.9 Å². The van der Waals surface area contributed by atoms with Crippen LogP contribution in [-0.2, 0) is 16.4 Å². The summed E-state index contributed by atoms with van der Waals surface area (Å²) in [5.74, 6) is 0.430. The summed E-state index contributed by atoms with van der Waals surface area (Å²) in [6.45, 7) is 4.31. The molecule has 1 rings (SSSR count). The molecular formula is C14H21N3O2S. The van der Waals surface area contributed by atoms with E-state index in [9.17, 15) is 8.42 Å². The number of hydrogen-bond donors (Lipinski definition) is 2. The Morgan fingerprint density at radius 2 is 1.90 bits per heavy atom. The minimum absolute atomic E-state index is 0.191. The molecule has 5 nitrogen and oxygen atoms in total. The average Bonchev–Trinajstić information content (AvgIpc) is 2.37. The van der Waals surface area contributed by atoms with E-state index in [1.54, 1.807) is 12.1 Å². The van der Waals surface area contributed by atoms with Gasteiger partial charge in [-0.2, -0.15) is 5.26 Å². The molecule has 0 saturated heterocycles. The fraction of sp³-hybridized carbons (Fsp3) is 0.500. The maximum absolute atomic E-state index is 12.1. The van der Waals surface area contributed by atoms with E-state index in [0.717, 1.165) is 12.0 Å². The maximum Gasteiger partial charge on any atom is 0.240 e. The van der Waals surface area contributed by atoms with Crippen molar-refractivity contribution in [1.29, 1.82) is 5.26 Å². The van der Waals surface area contributed by atoms with Gasteiger partial charge in [-0.1, -0.05) is 26.0 Å². The molecule has 110 valence electrons. The fourth-order valence-corrected chi connectivity index (χ4v) is 2.96. The largest absolute Gasteiger partial charge is 0.327 e. The molecule has 0 aliphatic heterocycles. The highest BCUT2D eigenvalue weighted by Crippen LogP contribution is 2.11. The average molecular weight is 295 g/mol. The molecule has 0 aromatic heterocycles. The number of sulfonamides is 1. The van der Waals surface area contributed by atoms with Gasteiger partial charge in [0.1, 0.15) is 0 Å². The van der Waals surface area contributed by atoms with Crippen molar-refractivity contribution in [3.63, 3.8) is 0 Å². The third-order valence-electron chi connectivity index (χ3n) is 2.83. The van der Waals surface area contributed by atoms with E-state index in [1.807, 2.05) is 19.9 Å². The summed E-state index contributed by atoms with van der Waals surface area (Å²) in [6, 6.07) is 8.12. The molecule has 1 aromatic rings. The lowest BCUT2D eigenvalue weighted by molar-refractivity contribution is 0.486. The lowest BCUT2D eigenvalue weighted by Crippen LogP contribution is -2.37. The Labute approximate surface area is 120 Å². The van der Waals surface area contributed by atoms with E-state index >= 15 is 0 Å². The lowest BCUT2D eigenvalue weighted by Gasteiger charge is -2.15. The van der Waals surface area contributed by atoms with Gasteiger partial charge in [-0.15, -0.1) is 0 Å². The summed E-state index contributed by atoms with van der Waals surface area (Å²) >= 11 is 0. The molecule has 0 fully saturated rings. The smallest absolute Gasteiger partial charge is 0.240 e. The number of nitrogens with one attached hydrogen (secondary N) is 1. The Morgan fingerprint density at radius 3 is 2.40 bits per heavy atom. The van der Waals surface area contributed by atoms with Gasteiger partial charge in [0.25, 0.3) is 0 Å². The summed E-state index contributed by atoms with van der Waals surface area (Å²) in [6.07, 6.45) is 1.04. The molecule has 0 aliphatic carbocycles. The van der Waals surface area contributed by atoms with Crippen LogP contribution in [0.25, 0.3) is 0 Å². The molecule has 0 aliphatic rings. The van der Waals surface area contributed by atoms with Crippen LogP contribution in [0.15, 0.2) is 29.2 Å². The molecule has 0 heterocycles. The topological polar surface area (TPSA) is 96.0 Å². The number of rotatable bonds is 7. The molecule has 6 heteroatoms. The van der Waals surface area contributed by atoms with E-state index in [1.165, 1.54) is 12.1 Å². The normalized spacial score (nSPS) is 13.2. The van der Waals surface area contributed by atoms with Crippen LogP contribution in [0.3, 0.4) is 0 Å². The van der Waals surface area contributed by atoms with Gasteiger partial charge in [0.15, 0.2) is 0 Å². The van der Waals surface area contributed by atoms with Gasteiger partial charge in [-0.05, 0) is 30.0 Å². The zero-order valence-corrected chi connectivity index (χ0v) is 12.7. The van der Waals surface area contributed by atoms with Gasteiger partial charge in [0.2, 0.25) is 10.0 Å². The monoisotopic (exact) mass is 295 g/mol. The first kappa shape index (κ1) is 16.6. The predicted octanol–water partition coefficient (Wildman–Crippen LogP) is 1.40. The summed E-state index contributed by atoms with van der Waals surface area (Å²) in [4.78, 5) is 0.191. The number of nitriles is 1. The third kappa shape index (κ3) is 5.29. The van der Waals surface area contributed by atoms with Crippen LogP contribution in [0.2, 0.25) is 0 Å². The lowest BCUT2D eigenvalue weighted by atomic mass is 10.1. The molecule has 0 amide bonds. The zero-order chi connectivity index (χ0) is 15.2. The van der Waals surface area contributed by atoms with E-state index < -0.39 is 10.0 Å². The number of nitrogens with two attached hydrogens (primary N) is 1. The highest BCUT2D eigenvalue weighted by Gasteiger charge is 2.15. The number of hydrogen-bond acceptors (Lipinski definition) is 4. The third-order valence-corrected chi connectivity index (χ3v) is 4.27. The minimum Gasteiger partial charge on any atom is -0.327 e. The van der Waals surface area contributed by atoms with E-state index in [2.05, 4.69) is 4.72 Å². The standard InChI is InChI=1S/C14H21N3O2S/c1-11(2)9-13(16)10-17-20(18,19)14-5-3-12(4-6-14)7-8-15/h3-6,11,13,17H,7,9-10,16H2,1-2H3. The molecule has 1 unspecified atom stereocenters. The minimum atomic E-state index is -3.54. The van der Waals surface area contributed by atoms with Crippen LogP contribution < -0.4 is 10.5 Å². The fourth-order valence-electron chi connectivity index (χ4n) is 1.87. The Morgan fingerprint density at radius 1 is 1.30 bits per heavy atom. The summed E-state index contributed by atoms with van der Waals surface area (Å²) in [5, 5.41) is 8.57. The highest BCUT2D eigenvalue weighted by atomic mass is 32.2. The summed E-state index contributed by atoms with van der Waals surface area (Å²) in [5.41, 5.74) is 6.65. The molecule has 0 bridgehead atoms. The molecule has 1 aromatic carbocycles. The van der Waals surface area contributed by atoms with Crippen molar-refractivity contribution >= 4 is 10.0 Å². The van der Waals surface area contributed by atoms with Crippen LogP contribution in [0.4, 0.5) is 0 Å². The van der Waals surface area contributed by atoms with Crippen molar-refractivity contribution < 1.29 is 8.42 Å². The Bertz CT molecular complexity index is 559. The van der Waals surface area contributed by atoms with Crippen molar-refractivity contribution in [2.45, 2.75) is 37.6 Å². The Hall–Kier alpha value is -1.42. The van der Waals surface area contributed by atoms with Gasteiger partial charge >= 0.3 is 0 Å². The van der Waals surface area contributed by atoms with Crippen molar-refractivity contribution in [2.75, 3.05) is 6.54 Å². The predicted molar refractivity (Wildman–Crippen MR) is 78.4 cm³/mol. The van der Waals surface area contributed by atoms with Gasteiger partial charge in [-0.3, -0.25) is 0 Å². The van der Waals surface area contributed by atoms with Gasteiger partial charge in [0.05, 0.1) is 17.4 Å². The van der Waals surface area contributed by atoms with E-state index in [4.69, 9.17) is 11.0 Å². The molecule has 3 N–H and O–H groups in total. The van der Waals surface area contributed by atoms with Crippen molar-refractivity contribution in [3.05, 3.63) is 29.8 Å². The highest BCUT2D eigenvalue weighted by molar-refractivity contribution is 7.89. The maximum atomic E-state index is 12.1. The second-order valence-corrected chi connectivity index (χ2v) is 6.99. The first-order valence-corrected chi connectivity index (χ1v) is 8.04. The quantitative estimate of drug-likeness (QED) is 0.794. The Balaban J connectivity index is 2.67. The zero-order valence-electron chi connectivity index (χ0n) is 11.8. The van der Waals surface area contributed by atoms with E-state index in [0.29, 0.717) is 5.92 Å². The van der Waals surface area contributed by atoms with Gasteiger partial charge < -0.3 is 5.73 Å². The number of benzene rings is 1. The van der Waals surface area contributed by atoms with Crippen molar-refractivity contribution in [2.24, 2.45) is 11.7 Å². The first-order valence-electron chi connectivity index (χ1n) is 6.56. The van der Waals surface area contributed by atoms with Crippen molar-refractivity contribution in [3.8, 4) is 6.07 Å². The van der Waals surface area contributed by atoms with Crippen LogP contribution in [-0.4, -0.2) is 21.0 Å².